The van der Waals surface area contributed by atoms with Gasteiger partial charge in [-0.3, -0.25) is 10.1 Å². The van der Waals surface area contributed by atoms with E-state index in [4.69, 9.17) is 16.3 Å². The Morgan fingerprint density at radius 3 is 2.63 bits per heavy atom. The van der Waals surface area contributed by atoms with E-state index >= 15 is 0 Å². The van der Waals surface area contributed by atoms with Crippen molar-refractivity contribution in [2.24, 2.45) is 0 Å². The number of amides is 3. The van der Waals surface area contributed by atoms with Gasteiger partial charge >= 0.3 is 12.0 Å². The van der Waals surface area contributed by atoms with Gasteiger partial charge < -0.3 is 10.1 Å². The van der Waals surface area contributed by atoms with Gasteiger partial charge in [0.15, 0.2) is 6.61 Å². The minimum Gasteiger partial charge on any atom is -0.452 e. The number of urea groups is 1. The summed E-state index contributed by atoms with van der Waals surface area (Å²) < 4.78 is 31.3. The van der Waals surface area contributed by atoms with Crippen LogP contribution in [-0.2, 0) is 19.6 Å². The SMILES string of the molecule is C=CCNS(=O)(=O)c1cc(C(=O)OCC(=O)NC(=O)NCCC)ccc1Cl. The van der Waals surface area contributed by atoms with Crippen LogP contribution in [0.3, 0.4) is 0 Å². The van der Waals surface area contributed by atoms with E-state index in [9.17, 15) is 22.8 Å². The fourth-order valence-corrected chi connectivity index (χ4v) is 3.26. The van der Waals surface area contributed by atoms with Crippen LogP contribution in [0.25, 0.3) is 0 Å². The van der Waals surface area contributed by atoms with Crippen LogP contribution in [0.4, 0.5) is 4.79 Å². The van der Waals surface area contributed by atoms with Gasteiger partial charge in [0.25, 0.3) is 5.91 Å². The maximum Gasteiger partial charge on any atom is 0.338 e. The summed E-state index contributed by atoms with van der Waals surface area (Å²) in [5.41, 5.74) is -0.124. The number of rotatable bonds is 9. The Morgan fingerprint density at radius 1 is 1.30 bits per heavy atom. The van der Waals surface area contributed by atoms with E-state index in [-0.39, 0.29) is 22.0 Å². The van der Waals surface area contributed by atoms with Crippen LogP contribution in [0.2, 0.25) is 5.02 Å². The number of carbonyl (C=O) groups is 3. The second-order valence-corrected chi connectivity index (χ2v) is 7.31. The predicted molar refractivity (Wildman–Crippen MR) is 99.0 cm³/mol. The number of hydrogen-bond donors (Lipinski definition) is 3. The number of imide groups is 1. The molecule has 0 heterocycles. The lowest BCUT2D eigenvalue weighted by Crippen LogP contribution is -2.41. The standard InChI is InChI=1S/C16H20ClN3O6S/c1-3-7-18-16(23)20-14(21)10-26-15(22)11-5-6-12(17)13(9-11)27(24,25)19-8-4-2/h4-6,9,19H,2-3,7-8,10H2,1H3,(H2,18,20,21,23). The maximum absolute atomic E-state index is 12.2. The van der Waals surface area contributed by atoms with Crippen molar-refractivity contribution >= 4 is 39.5 Å². The molecule has 0 atom stereocenters. The third-order valence-corrected chi connectivity index (χ3v) is 4.90. The van der Waals surface area contributed by atoms with Gasteiger partial charge in [-0.15, -0.1) is 6.58 Å². The van der Waals surface area contributed by atoms with Crippen LogP contribution in [0.15, 0.2) is 35.7 Å². The Hall–Kier alpha value is -2.43. The predicted octanol–water partition coefficient (Wildman–Crippen LogP) is 1.20. The van der Waals surface area contributed by atoms with Gasteiger partial charge in [0, 0.05) is 13.1 Å². The van der Waals surface area contributed by atoms with Crippen LogP contribution >= 0.6 is 11.6 Å². The van der Waals surface area contributed by atoms with Crippen molar-refractivity contribution in [3.63, 3.8) is 0 Å². The van der Waals surface area contributed by atoms with Crippen LogP contribution in [0.1, 0.15) is 23.7 Å². The van der Waals surface area contributed by atoms with E-state index in [1.807, 2.05) is 12.2 Å². The number of carbonyl (C=O) groups excluding carboxylic acids is 3. The molecular formula is C16H20ClN3O6S. The molecule has 0 saturated carbocycles. The smallest absolute Gasteiger partial charge is 0.338 e. The van der Waals surface area contributed by atoms with Gasteiger partial charge in [-0.1, -0.05) is 24.6 Å². The second-order valence-electron chi connectivity index (χ2n) is 5.17. The van der Waals surface area contributed by atoms with Gasteiger partial charge in [0.05, 0.1) is 10.6 Å². The minimum atomic E-state index is -3.96. The van der Waals surface area contributed by atoms with Crippen molar-refractivity contribution < 1.29 is 27.5 Å². The summed E-state index contributed by atoms with van der Waals surface area (Å²) in [4.78, 5) is 34.6. The van der Waals surface area contributed by atoms with E-state index in [1.54, 1.807) is 0 Å². The van der Waals surface area contributed by atoms with Gasteiger partial charge in [-0.05, 0) is 24.6 Å². The molecule has 0 unspecified atom stereocenters. The molecule has 0 radical (unpaired) electrons. The third kappa shape index (κ3) is 7.37. The van der Waals surface area contributed by atoms with Gasteiger partial charge in [-0.2, -0.15) is 0 Å². The lowest BCUT2D eigenvalue weighted by molar-refractivity contribution is -0.123. The normalized spacial score (nSPS) is 10.7. The van der Waals surface area contributed by atoms with Crippen molar-refractivity contribution in [1.82, 2.24) is 15.4 Å². The molecule has 3 amide bonds. The number of halogens is 1. The number of esters is 1. The zero-order valence-electron chi connectivity index (χ0n) is 14.6. The highest BCUT2D eigenvalue weighted by Crippen LogP contribution is 2.23. The first-order chi connectivity index (χ1) is 12.7. The zero-order chi connectivity index (χ0) is 20.4. The van der Waals surface area contributed by atoms with Crippen molar-refractivity contribution in [3.8, 4) is 0 Å². The van der Waals surface area contributed by atoms with Crippen molar-refractivity contribution in [3.05, 3.63) is 41.4 Å². The number of hydrogen-bond acceptors (Lipinski definition) is 6. The fraction of sp³-hybridized carbons (Fsp3) is 0.312. The summed E-state index contributed by atoms with van der Waals surface area (Å²) in [6.45, 7) is 4.91. The molecule has 0 aliphatic heterocycles. The molecule has 9 nitrogen and oxygen atoms in total. The number of sulfonamides is 1. The molecule has 27 heavy (non-hydrogen) atoms. The van der Waals surface area contributed by atoms with Crippen molar-refractivity contribution in [1.29, 1.82) is 0 Å². The van der Waals surface area contributed by atoms with Crippen molar-refractivity contribution in [2.45, 2.75) is 18.2 Å². The third-order valence-electron chi connectivity index (χ3n) is 3.00. The maximum atomic E-state index is 12.2. The summed E-state index contributed by atoms with van der Waals surface area (Å²) in [5, 5.41) is 4.32. The highest BCUT2D eigenvalue weighted by atomic mass is 35.5. The molecule has 148 valence electrons. The number of benzene rings is 1. The fourth-order valence-electron chi connectivity index (χ4n) is 1.74. The second kappa shape index (κ2) is 10.7. The summed E-state index contributed by atoms with van der Waals surface area (Å²) in [6.07, 6.45) is 2.04. The number of ether oxygens (including phenoxy) is 1. The molecule has 1 aromatic carbocycles. The molecule has 3 N–H and O–H groups in total. The lowest BCUT2D eigenvalue weighted by Gasteiger charge is -2.10. The quantitative estimate of drug-likeness (QED) is 0.408. The van der Waals surface area contributed by atoms with E-state index in [2.05, 4.69) is 16.6 Å². The lowest BCUT2D eigenvalue weighted by atomic mass is 10.2. The van der Waals surface area contributed by atoms with Gasteiger partial charge in [0.1, 0.15) is 4.90 Å². The Labute approximate surface area is 162 Å². The topological polar surface area (TPSA) is 131 Å². The van der Waals surface area contributed by atoms with Crippen LogP contribution in [-0.4, -0.2) is 46.0 Å². The molecule has 0 bridgehead atoms. The van der Waals surface area contributed by atoms with Crippen molar-refractivity contribution in [2.75, 3.05) is 19.7 Å². The first-order valence-corrected chi connectivity index (χ1v) is 9.72. The largest absolute Gasteiger partial charge is 0.452 e. The minimum absolute atomic E-state index is 0.0202. The highest BCUT2D eigenvalue weighted by molar-refractivity contribution is 7.89. The van der Waals surface area contributed by atoms with Crippen LogP contribution in [0.5, 0.6) is 0 Å². The molecule has 0 spiro atoms. The summed E-state index contributed by atoms with van der Waals surface area (Å²) >= 11 is 5.89. The van der Waals surface area contributed by atoms with Gasteiger partial charge in [0.2, 0.25) is 10.0 Å². The van der Waals surface area contributed by atoms with Gasteiger partial charge in [-0.25, -0.2) is 22.7 Å². The van der Waals surface area contributed by atoms with E-state index in [0.29, 0.717) is 13.0 Å². The van der Waals surface area contributed by atoms with Crippen LogP contribution < -0.4 is 15.4 Å². The molecule has 0 fully saturated rings. The Morgan fingerprint density at radius 2 is 2.00 bits per heavy atom. The molecule has 0 aliphatic rings. The first kappa shape index (κ1) is 22.6. The average molecular weight is 418 g/mol. The van der Waals surface area contributed by atoms with Crippen LogP contribution in [0, 0.1) is 0 Å². The Kier molecular flexibility index (Phi) is 8.92. The molecule has 1 aromatic rings. The summed E-state index contributed by atoms with van der Waals surface area (Å²) in [5.74, 6) is -1.78. The Balaban J connectivity index is 2.76. The van der Waals surface area contributed by atoms with E-state index in [0.717, 1.165) is 6.07 Å². The first-order valence-electron chi connectivity index (χ1n) is 7.86. The molecule has 1 rings (SSSR count). The average Bonchev–Trinajstić information content (AvgIpc) is 2.63. The highest BCUT2D eigenvalue weighted by Gasteiger charge is 2.20. The molecule has 11 heteroatoms. The number of nitrogens with one attached hydrogen (secondary N) is 3. The zero-order valence-corrected chi connectivity index (χ0v) is 16.2. The Bertz CT molecular complexity index is 825. The summed E-state index contributed by atoms with van der Waals surface area (Å²) in [6, 6.07) is 2.80. The van der Waals surface area contributed by atoms with E-state index in [1.165, 1.54) is 18.2 Å². The molecule has 0 aromatic heterocycles. The molecular weight excluding hydrogens is 398 g/mol. The summed E-state index contributed by atoms with van der Waals surface area (Å²) in [7, 11) is -3.96. The molecule has 0 aliphatic carbocycles. The molecule has 0 saturated heterocycles. The van der Waals surface area contributed by atoms with E-state index < -0.39 is 34.5 Å². The monoisotopic (exact) mass is 417 g/mol.